The van der Waals surface area contributed by atoms with E-state index in [0.717, 1.165) is 6.42 Å². The van der Waals surface area contributed by atoms with Crippen molar-refractivity contribution >= 4 is 11.6 Å². The van der Waals surface area contributed by atoms with E-state index in [9.17, 15) is 0 Å². The van der Waals surface area contributed by atoms with Crippen molar-refractivity contribution in [3.05, 3.63) is 24.8 Å². The second-order valence-corrected chi connectivity index (χ2v) is 3.12. The molecule has 9 heavy (non-hydrogen) atoms. The molecule has 0 nitrogen and oxygen atoms in total. The minimum atomic E-state index is -0.257. The van der Waals surface area contributed by atoms with Crippen LogP contribution in [0.5, 0.6) is 0 Å². The van der Waals surface area contributed by atoms with Crippen LogP contribution in [0.25, 0.3) is 0 Å². The van der Waals surface area contributed by atoms with Crippen molar-refractivity contribution in [2.75, 3.05) is 0 Å². The number of halogens is 1. The number of rotatable bonds is 3. The number of hydrogen-bond acceptors (Lipinski definition) is 0. The van der Waals surface area contributed by atoms with Gasteiger partial charge in [0.15, 0.2) is 0 Å². The van der Waals surface area contributed by atoms with Crippen molar-refractivity contribution in [2.24, 2.45) is 0 Å². The summed E-state index contributed by atoms with van der Waals surface area (Å²) in [6.45, 7) is 7.55. The normalized spacial score (nSPS) is 17.7. The molecule has 0 aliphatic heterocycles. The second kappa shape index (κ2) is 3.73. The number of allylic oxidation sites excluding steroid dienone is 3. The number of alkyl halides is 1. The molecule has 0 bridgehead atoms. The molecule has 1 atom stereocenters. The van der Waals surface area contributed by atoms with E-state index < -0.39 is 0 Å². The van der Waals surface area contributed by atoms with Crippen LogP contribution in [0.1, 0.15) is 20.3 Å². The quantitative estimate of drug-likeness (QED) is 0.422. The van der Waals surface area contributed by atoms with Crippen molar-refractivity contribution in [1.82, 2.24) is 0 Å². The van der Waals surface area contributed by atoms with Gasteiger partial charge in [0.25, 0.3) is 0 Å². The van der Waals surface area contributed by atoms with Crippen molar-refractivity contribution in [3.63, 3.8) is 0 Å². The van der Waals surface area contributed by atoms with Crippen LogP contribution in [-0.4, -0.2) is 4.87 Å². The highest BCUT2D eigenvalue weighted by Gasteiger charge is 2.12. The Hall–Kier alpha value is -0.230. The van der Waals surface area contributed by atoms with Crippen LogP contribution in [0, 0.1) is 0 Å². The molecule has 0 aliphatic rings. The molecule has 0 amide bonds. The van der Waals surface area contributed by atoms with Crippen LogP contribution in [-0.2, 0) is 0 Å². The smallest absolute Gasteiger partial charge is 0.0629 e. The Morgan fingerprint density at radius 3 is 2.56 bits per heavy atom. The summed E-state index contributed by atoms with van der Waals surface area (Å²) in [5, 5.41) is 0. The molecule has 0 aromatic carbocycles. The van der Waals surface area contributed by atoms with E-state index >= 15 is 0 Å². The Bertz CT molecular complexity index is 112. The predicted molar refractivity (Wildman–Crippen MR) is 43.9 cm³/mol. The van der Waals surface area contributed by atoms with Crippen LogP contribution in [0.2, 0.25) is 0 Å². The zero-order valence-electron chi connectivity index (χ0n) is 6.02. The Morgan fingerprint density at radius 2 is 2.22 bits per heavy atom. The SMILES string of the molecule is C=CC(C)(Cl)C/C=C/C. The first-order chi connectivity index (χ1) is 4.12. The van der Waals surface area contributed by atoms with Crippen molar-refractivity contribution in [1.29, 1.82) is 0 Å². The molecule has 0 saturated carbocycles. The van der Waals surface area contributed by atoms with Gasteiger partial charge in [0.1, 0.15) is 0 Å². The summed E-state index contributed by atoms with van der Waals surface area (Å²) in [6, 6.07) is 0. The van der Waals surface area contributed by atoms with Crippen molar-refractivity contribution in [3.8, 4) is 0 Å². The molecule has 1 heteroatoms. The van der Waals surface area contributed by atoms with E-state index in [1.165, 1.54) is 0 Å². The number of hydrogen-bond donors (Lipinski definition) is 0. The molecule has 1 unspecified atom stereocenters. The fourth-order valence-electron chi connectivity index (χ4n) is 0.432. The van der Waals surface area contributed by atoms with Crippen molar-refractivity contribution < 1.29 is 0 Å². The second-order valence-electron chi connectivity index (χ2n) is 2.26. The minimum Gasteiger partial charge on any atom is -0.115 e. The largest absolute Gasteiger partial charge is 0.115 e. The van der Waals surface area contributed by atoms with Gasteiger partial charge < -0.3 is 0 Å². The molecular weight excluding hydrogens is 132 g/mol. The summed E-state index contributed by atoms with van der Waals surface area (Å²) in [5.74, 6) is 0. The molecular formula is C8H13Cl. The summed E-state index contributed by atoms with van der Waals surface area (Å²) < 4.78 is 0. The van der Waals surface area contributed by atoms with Crippen LogP contribution in [0.15, 0.2) is 24.8 Å². The molecule has 0 saturated heterocycles. The predicted octanol–water partition coefficient (Wildman–Crippen LogP) is 3.14. The van der Waals surface area contributed by atoms with E-state index in [2.05, 4.69) is 6.58 Å². The topological polar surface area (TPSA) is 0 Å². The van der Waals surface area contributed by atoms with E-state index in [-0.39, 0.29) is 4.87 Å². The first-order valence-electron chi connectivity index (χ1n) is 3.06. The Kier molecular flexibility index (Phi) is 3.64. The van der Waals surface area contributed by atoms with Crippen LogP contribution in [0.4, 0.5) is 0 Å². The van der Waals surface area contributed by atoms with Gasteiger partial charge in [-0.3, -0.25) is 0 Å². The van der Waals surface area contributed by atoms with E-state index in [1.54, 1.807) is 6.08 Å². The maximum absolute atomic E-state index is 5.93. The monoisotopic (exact) mass is 144 g/mol. The first kappa shape index (κ1) is 8.77. The molecule has 0 aliphatic carbocycles. The van der Waals surface area contributed by atoms with Gasteiger partial charge in [-0.2, -0.15) is 0 Å². The molecule has 0 rings (SSSR count). The van der Waals surface area contributed by atoms with Gasteiger partial charge >= 0.3 is 0 Å². The highest BCUT2D eigenvalue weighted by atomic mass is 35.5. The lowest BCUT2D eigenvalue weighted by Gasteiger charge is -2.12. The minimum absolute atomic E-state index is 0.257. The van der Waals surface area contributed by atoms with Crippen molar-refractivity contribution in [2.45, 2.75) is 25.1 Å². The highest BCUT2D eigenvalue weighted by molar-refractivity contribution is 6.25. The lowest BCUT2D eigenvalue weighted by Crippen LogP contribution is -2.09. The van der Waals surface area contributed by atoms with E-state index in [1.807, 2.05) is 26.0 Å². The Balaban J connectivity index is 3.71. The zero-order chi connectivity index (χ0) is 7.33. The molecule has 0 spiro atoms. The fourth-order valence-corrected chi connectivity index (χ4v) is 0.521. The average Bonchev–Trinajstić information content (AvgIpc) is 1.84. The van der Waals surface area contributed by atoms with E-state index in [0.29, 0.717) is 0 Å². The highest BCUT2D eigenvalue weighted by Crippen LogP contribution is 2.19. The molecule has 0 aromatic rings. The molecule has 0 fully saturated rings. The van der Waals surface area contributed by atoms with Crippen LogP contribution < -0.4 is 0 Å². The first-order valence-corrected chi connectivity index (χ1v) is 3.44. The molecule has 0 heterocycles. The summed E-state index contributed by atoms with van der Waals surface area (Å²) in [5.41, 5.74) is 0. The van der Waals surface area contributed by atoms with Gasteiger partial charge in [0.2, 0.25) is 0 Å². The van der Waals surface area contributed by atoms with Gasteiger partial charge in [0.05, 0.1) is 4.87 Å². The third-order valence-electron chi connectivity index (χ3n) is 1.18. The molecule has 0 radical (unpaired) electrons. The fraction of sp³-hybridized carbons (Fsp3) is 0.500. The van der Waals surface area contributed by atoms with Gasteiger partial charge in [-0.1, -0.05) is 18.2 Å². The lowest BCUT2D eigenvalue weighted by atomic mass is 10.1. The van der Waals surface area contributed by atoms with Crippen LogP contribution in [0.3, 0.4) is 0 Å². The van der Waals surface area contributed by atoms with Gasteiger partial charge in [-0.25, -0.2) is 0 Å². The van der Waals surface area contributed by atoms with Crippen LogP contribution >= 0.6 is 11.6 Å². The zero-order valence-corrected chi connectivity index (χ0v) is 6.78. The van der Waals surface area contributed by atoms with E-state index in [4.69, 9.17) is 11.6 Å². The van der Waals surface area contributed by atoms with Gasteiger partial charge in [-0.15, -0.1) is 18.2 Å². The summed E-state index contributed by atoms with van der Waals surface area (Å²) in [7, 11) is 0. The Labute approximate surface area is 62.2 Å². The Morgan fingerprint density at radius 1 is 1.67 bits per heavy atom. The summed E-state index contributed by atoms with van der Waals surface area (Å²) >= 11 is 5.93. The lowest BCUT2D eigenvalue weighted by molar-refractivity contribution is 0.793. The van der Waals surface area contributed by atoms with Gasteiger partial charge in [-0.05, 0) is 20.3 Å². The summed E-state index contributed by atoms with van der Waals surface area (Å²) in [4.78, 5) is -0.257. The van der Waals surface area contributed by atoms with Gasteiger partial charge in [0, 0.05) is 0 Å². The molecule has 0 N–H and O–H groups in total. The maximum Gasteiger partial charge on any atom is 0.0629 e. The third kappa shape index (κ3) is 4.28. The molecule has 0 aromatic heterocycles. The molecule has 52 valence electrons. The summed E-state index contributed by atoms with van der Waals surface area (Å²) in [6.07, 6.45) is 6.64. The average molecular weight is 145 g/mol. The maximum atomic E-state index is 5.93. The third-order valence-corrected chi connectivity index (χ3v) is 1.49. The standard InChI is InChI=1S/C8H13Cl/c1-4-6-7-8(3,9)5-2/h4-6H,2,7H2,1,3H3/b6-4+.